The molecule has 4 rings (SSSR count). The van der Waals surface area contributed by atoms with Crippen LogP contribution in [0.15, 0.2) is 54.9 Å². The highest BCUT2D eigenvalue weighted by Crippen LogP contribution is 2.20. The summed E-state index contributed by atoms with van der Waals surface area (Å²) in [6.07, 6.45) is 3.56. The molecular formula is C19H21N7. The van der Waals surface area contributed by atoms with E-state index in [1.54, 1.807) is 12.4 Å². The van der Waals surface area contributed by atoms with Gasteiger partial charge in [-0.3, -0.25) is 0 Å². The SMILES string of the molecule is Cc1cc(Nc2ccccc2)nc(N2CCN(c3ncccn3)CC2)n1. The van der Waals surface area contributed by atoms with Crippen molar-refractivity contribution in [2.75, 3.05) is 41.3 Å². The lowest BCUT2D eigenvalue weighted by Crippen LogP contribution is -2.47. The normalized spacial score (nSPS) is 14.3. The van der Waals surface area contributed by atoms with Gasteiger partial charge in [-0.05, 0) is 25.1 Å². The largest absolute Gasteiger partial charge is 0.340 e. The third-order valence-electron chi connectivity index (χ3n) is 4.29. The average molecular weight is 347 g/mol. The zero-order valence-corrected chi connectivity index (χ0v) is 14.7. The minimum atomic E-state index is 0.761. The van der Waals surface area contributed by atoms with Crippen LogP contribution >= 0.6 is 0 Å². The van der Waals surface area contributed by atoms with Crippen LogP contribution in [0.4, 0.5) is 23.4 Å². The van der Waals surface area contributed by atoms with E-state index in [1.807, 2.05) is 49.4 Å². The first kappa shape index (κ1) is 16.3. The molecule has 1 N–H and O–H groups in total. The first-order valence-electron chi connectivity index (χ1n) is 8.72. The van der Waals surface area contributed by atoms with Crippen molar-refractivity contribution in [2.24, 2.45) is 0 Å². The summed E-state index contributed by atoms with van der Waals surface area (Å²) in [5.74, 6) is 2.35. The van der Waals surface area contributed by atoms with Gasteiger partial charge >= 0.3 is 0 Å². The zero-order valence-electron chi connectivity index (χ0n) is 14.7. The molecule has 0 atom stereocenters. The Kier molecular flexibility index (Phi) is 4.59. The van der Waals surface area contributed by atoms with Crippen LogP contribution in [-0.4, -0.2) is 46.1 Å². The van der Waals surface area contributed by atoms with E-state index in [0.29, 0.717) is 0 Å². The zero-order chi connectivity index (χ0) is 17.8. The van der Waals surface area contributed by atoms with Crippen molar-refractivity contribution in [1.82, 2.24) is 19.9 Å². The second-order valence-corrected chi connectivity index (χ2v) is 6.21. The topological polar surface area (TPSA) is 70.1 Å². The van der Waals surface area contributed by atoms with Crippen LogP contribution in [0.3, 0.4) is 0 Å². The van der Waals surface area contributed by atoms with E-state index in [1.165, 1.54) is 0 Å². The fraction of sp³-hybridized carbons (Fsp3) is 0.263. The van der Waals surface area contributed by atoms with Crippen molar-refractivity contribution in [2.45, 2.75) is 6.92 Å². The maximum atomic E-state index is 4.70. The van der Waals surface area contributed by atoms with E-state index in [4.69, 9.17) is 4.98 Å². The van der Waals surface area contributed by atoms with Crippen LogP contribution in [-0.2, 0) is 0 Å². The standard InChI is InChI=1S/C19H21N7/c1-15-14-17(23-16-6-3-2-4-7-16)24-19(22-15)26-12-10-25(11-13-26)18-20-8-5-9-21-18/h2-9,14H,10-13H2,1H3,(H,22,23,24). The van der Waals surface area contributed by atoms with E-state index in [-0.39, 0.29) is 0 Å². The summed E-state index contributed by atoms with van der Waals surface area (Å²) < 4.78 is 0. The molecule has 1 fully saturated rings. The molecule has 1 saturated heterocycles. The number of para-hydroxylation sites is 1. The highest BCUT2D eigenvalue weighted by molar-refractivity contribution is 5.57. The number of rotatable bonds is 4. The molecule has 26 heavy (non-hydrogen) atoms. The third kappa shape index (κ3) is 3.72. The Morgan fingerprint density at radius 1 is 0.808 bits per heavy atom. The Bertz CT molecular complexity index is 846. The molecule has 132 valence electrons. The lowest BCUT2D eigenvalue weighted by Gasteiger charge is -2.34. The van der Waals surface area contributed by atoms with Crippen LogP contribution in [0, 0.1) is 6.92 Å². The van der Waals surface area contributed by atoms with E-state index >= 15 is 0 Å². The molecule has 0 amide bonds. The predicted octanol–water partition coefficient (Wildman–Crippen LogP) is 2.65. The smallest absolute Gasteiger partial charge is 0.227 e. The van der Waals surface area contributed by atoms with Crippen LogP contribution in [0.25, 0.3) is 0 Å². The van der Waals surface area contributed by atoms with Gasteiger partial charge < -0.3 is 15.1 Å². The van der Waals surface area contributed by atoms with Crippen LogP contribution in [0.1, 0.15) is 5.69 Å². The van der Waals surface area contributed by atoms with Crippen LogP contribution in [0.2, 0.25) is 0 Å². The molecular weight excluding hydrogens is 326 g/mol. The van der Waals surface area contributed by atoms with Gasteiger partial charge in [-0.2, -0.15) is 4.98 Å². The number of aromatic nitrogens is 4. The van der Waals surface area contributed by atoms with Gasteiger partial charge in [0.1, 0.15) is 5.82 Å². The number of aryl methyl sites for hydroxylation is 1. The van der Waals surface area contributed by atoms with Gasteiger partial charge in [0.2, 0.25) is 11.9 Å². The van der Waals surface area contributed by atoms with Crippen molar-refractivity contribution >= 4 is 23.4 Å². The van der Waals surface area contributed by atoms with Gasteiger partial charge in [0, 0.05) is 56.0 Å². The van der Waals surface area contributed by atoms with Crippen molar-refractivity contribution in [1.29, 1.82) is 0 Å². The molecule has 1 aliphatic rings. The van der Waals surface area contributed by atoms with Crippen LogP contribution < -0.4 is 15.1 Å². The minimum absolute atomic E-state index is 0.761. The van der Waals surface area contributed by atoms with Crippen molar-refractivity contribution < 1.29 is 0 Å². The lowest BCUT2D eigenvalue weighted by atomic mass is 10.3. The van der Waals surface area contributed by atoms with Crippen molar-refractivity contribution in [3.8, 4) is 0 Å². The number of nitrogens with one attached hydrogen (secondary N) is 1. The van der Waals surface area contributed by atoms with E-state index in [0.717, 1.165) is 55.3 Å². The summed E-state index contributed by atoms with van der Waals surface area (Å²) in [5.41, 5.74) is 1.96. The van der Waals surface area contributed by atoms with E-state index < -0.39 is 0 Å². The van der Waals surface area contributed by atoms with Gasteiger partial charge in [-0.25, -0.2) is 15.0 Å². The van der Waals surface area contributed by atoms with E-state index in [9.17, 15) is 0 Å². The number of anilines is 4. The number of nitrogens with zero attached hydrogens (tertiary/aromatic N) is 6. The Balaban J connectivity index is 1.46. The van der Waals surface area contributed by atoms with Gasteiger partial charge in [-0.1, -0.05) is 18.2 Å². The summed E-state index contributed by atoms with van der Waals surface area (Å²) in [6, 6.07) is 13.8. The number of benzene rings is 1. The monoisotopic (exact) mass is 347 g/mol. The predicted molar refractivity (Wildman–Crippen MR) is 103 cm³/mol. The summed E-state index contributed by atoms with van der Waals surface area (Å²) in [5, 5.41) is 3.35. The molecule has 3 heterocycles. The van der Waals surface area contributed by atoms with Crippen LogP contribution in [0.5, 0.6) is 0 Å². The maximum Gasteiger partial charge on any atom is 0.227 e. The second-order valence-electron chi connectivity index (χ2n) is 6.21. The summed E-state index contributed by atoms with van der Waals surface area (Å²) in [4.78, 5) is 22.4. The molecule has 7 nitrogen and oxygen atoms in total. The molecule has 0 saturated carbocycles. The third-order valence-corrected chi connectivity index (χ3v) is 4.29. The number of hydrogen-bond donors (Lipinski definition) is 1. The summed E-state index contributed by atoms with van der Waals surface area (Å²) >= 11 is 0. The Morgan fingerprint density at radius 3 is 2.15 bits per heavy atom. The van der Waals surface area contributed by atoms with Gasteiger partial charge in [0.15, 0.2) is 0 Å². The first-order chi connectivity index (χ1) is 12.8. The molecule has 1 aliphatic heterocycles. The molecule has 1 aromatic carbocycles. The molecule has 0 spiro atoms. The molecule has 2 aromatic heterocycles. The number of hydrogen-bond acceptors (Lipinski definition) is 7. The minimum Gasteiger partial charge on any atom is -0.340 e. The van der Waals surface area contributed by atoms with Gasteiger partial charge in [0.25, 0.3) is 0 Å². The molecule has 0 unspecified atom stereocenters. The number of piperazine rings is 1. The molecule has 0 aliphatic carbocycles. The summed E-state index contributed by atoms with van der Waals surface area (Å²) in [6.45, 7) is 5.37. The molecule has 0 radical (unpaired) electrons. The highest BCUT2D eigenvalue weighted by atomic mass is 15.4. The Morgan fingerprint density at radius 2 is 1.46 bits per heavy atom. The quantitative estimate of drug-likeness (QED) is 0.778. The van der Waals surface area contributed by atoms with Crippen molar-refractivity contribution in [3.63, 3.8) is 0 Å². The van der Waals surface area contributed by atoms with E-state index in [2.05, 4.69) is 30.1 Å². The maximum absolute atomic E-state index is 4.70. The fourth-order valence-electron chi connectivity index (χ4n) is 2.99. The highest BCUT2D eigenvalue weighted by Gasteiger charge is 2.21. The first-order valence-corrected chi connectivity index (χ1v) is 8.72. The molecule has 7 heteroatoms. The molecule has 3 aromatic rings. The fourth-order valence-corrected chi connectivity index (χ4v) is 2.99. The summed E-state index contributed by atoms with van der Waals surface area (Å²) in [7, 11) is 0. The van der Waals surface area contributed by atoms with Crippen molar-refractivity contribution in [3.05, 3.63) is 60.6 Å². The molecule has 0 bridgehead atoms. The lowest BCUT2D eigenvalue weighted by molar-refractivity contribution is 0.627. The van der Waals surface area contributed by atoms with Gasteiger partial charge in [-0.15, -0.1) is 0 Å². The Labute approximate surface area is 152 Å². The second kappa shape index (κ2) is 7.35. The Hall–Kier alpha value is -3.22. The average Bonchev–Trinajstić information content (AvgIpc) is 2.69. The van der Waals surface area contributed by atoms with Gasteiger partial charge in [0.05, 0.1) is 0 Å².